The molecule has 1 aromatic carbocycles. The van der Waals surface area contributed by atoms with Crippen molar-refractivity contribution in [1.29, 1.82) is 0 Å². The lowest BCUT2D eigenvalue weighted by Crippen LogP contribution is -2.03. The Morgan fingerprint density at radius 1 is 1.29 bits per heavy atom. The molecule has 0 fully saturated rings. The molecule has 3 nitrogen and oxygen atoms in total. The number of benzene rings is 1. The predicted molar refractivity (Wildman–Crippen MR) is 66.8 cm³/mol. The van der Waals surface area contributed by atoms with E-state index >= 15 is 0 Å². The van der Waals surface area contributed by atoms with Gasteiger partial charge in [0.05, 0.1) is 13.7 Å². The van der Waals surface area contributed by atoms with E-state index in [0.29, 0.717) is 26.1 Å². The van der Waals surface area contributed by atoms with E-state index in [1.54, 1.807) is 0 Å². The van der Waals surface area contributed by atoms with E-state index in [4.69, 9.17) is 4.74 Å². The molecule has 94 valence electrons. The molecule has 0 bridgehead atoms. The van der Waals surface area contributed by atoms with E-state index in [2.05, 4.69) is 36.8 Å². The molecular formula is C14H20O3. The number of carbonyl (C=O) groups is 1. The van der Waals surface area contributed by atoms with E-state index in [-0.39, 0.29) is 5.97 Å². The van der Waals surface area contributed by atoms with Crippen LogP contribution in [0.3, 0.4) is 0 Å². The van der Waals surface area contributed by atoms with Crippen molar-refractivity contribution in [1.82, 2.24) is 0 Å². The molecule has 0 N–H and O–H groups in total. The number of carbonyl (C=O) groups excluding carboxylic acids is 1. The van der Waals surface area contributed by atoms with Crippen LogP contribution in [0.25, 0.3) is 0 Å². The van der Waals surface area contributed by atoms with Gasteiger partial charge in [-0.05, 0) is 31.4 Å². The second-order valence-electron chi connectivity index (χ2n) is 4.16. The molecule has 0 aromatic heterocycles. The van der Waals surface area contributed by atoms with Gasteiger partial charge in [-0.25, -0.2) is 0 Å². The fourth-order valence-corrected chi connectivity index (χ4v) is 1.61. The summed E-state index contributed by atoms with van der Waals surface area (Å²) in [6.45, 7) is 5.35. The molecule has 17 heavy (non-hydrogen) atoms. The Morgan fingerprint density at radius 2 is 2.06 bits per heavy atom. The molecule has 0 radical (unpaired) electrons. The van der Waals surface area contributed by atoms with Gasteiger partial charge in [-0.3, -0.25) is 4.79 Å². The van der Waals surface area contributed by atoms with Crippen LogP contribution in [0, 0.1) is 13.8 Å². The topological polar surface area (TPSA) is 35.5 Å². The van der Waals surface area contributed by atoms with Gasteiger partial charge in [0.15, 0.2) is 0 Å². The maximum Gasteiger partial charge on any atom is 0.305 e. The quantitative estimate of drug-likeness (QED) is 0.563. The zero-order chi connectivity index (χ0) is 12.7. The minimum absolute atomic E-state index is 0.180. The van der Waals surface area contributed by atoms with Crippen LogP contribution in [0.15, 0.2) is 18.2 Å². The van der Waals surface area contributed by atoms with Crippen molar-refractivity contribution in [3.63, 3.8) is 0 Å². The Labute approximate surface area is 103 Å². The molecule has 3 heteroatoms. The van der Waals surface area contributed by atoms with Crippen molar-refractivity contribution in [3.8, 4) is 0 Å². The average Bonchev–Trinajstić information content (AvgIpc) is 2.30. The first-order chi connectivity index (χ1) is 8.13. The van der Waals surface area contributed by atoms with E-state index in [0.717, 1.165) is 0 Å². The van der Waals surface area contributed by atoms with Crippen LogP contribution in [0.5, 0.6) is 0 Å². The smallest absolute Gasteiger partial charge is 0.305 e. The number of hydrogen-bond donors (Lipinski definition) is 0. The molecule has 0 saturated heterocycles. The highest BCUT2D eigenvalue weighted by molar-refractivity contribution is 5.68. The largest absolute Gasteiger partial charge is 0.469 e. The van der Waals surface area contributed by atoms with Crippen LogP contribution in [-0.4, -0.2) is 19.7 Å². The molecule has 0 spiro atoms. The fraction of sp³-hybridized carbons (Fsp3) is 0.500. The normalized spacial score (nSPS) is 10.3. The van der Waals surface area contributed by atoms with Crippen LogP contribution >= 0.6 is 0 Å². The van der Waals surface area contributed by atoms with Gasteiger partial charge in [-0.2, -0.15) is 0 Å². The summed E-state index contributed by atoms with van der Waals surface area (Å²) in [5.41, 5.74) is 3.71. The van der Waals surface area contributed by atoms with Crippen LogP contribution in [-0.2, 0) is 20.9 Å². The van der Waals surface area contributed by atoms with Crippen LogP contribution in [0.1, 0.15) is 29.5 Å². The molecule has 0 unspecified atom stereocenters. The third-order valence-corrected chi connectivity index (χ3v) is 2.65. The fourth-order valence-electron chi connectivity index (χ4n) is 1.61. The molecule has 0 heterocycles. The minimum Gasteiger partial charge on any atom is -0.469 e. The summed E-state index contributed by atoms with van der Waals surface area (Å²) in [5, 5.41) is 0. The number of rotatable bonds is 6. The second kappa shape index (κ2) is 7.07. The molecule has 1 aromatic rings. The highest BCUT2D eigenvalue weighted by atomic mass is 16.5. The van der Waals surface area contributed by atoms with Gasteiger partial charge in [0.2, 0.25) is 0 Å². The summed E-state index contributed by atoms with van der Waals surface area (Å²) in [4.78, 5) is 10.9. The first-order valence-electron chi connectivity index (χ1n) is 5.84. The van der Waals surface area contributed by atoms with Crippen molar-refractivity contribution in [2.24, 2.45) is 0 Å². The number of methoxy groups -OCH3 is 1. The highest BCUT2D eigenvalue weighted by Gasteiger charge is 2.01. The highest BCUT2D eigenvalue weighted by Crippen LogP contribution is 2.11. The summed E-state index contributed by atoms with van der Waals surface area (Å²) >= 11 is 0. The van der Waals surface area contributed by atoms with E-state index in [9.17, 15) is 4.79 Å². The minimum atomic E-state index is -0.180. The van der Waals surface area contributed by atoms with E-state index in [1.165, 1.54) is 23.8 Å². The first kappa shape index (κ1) is 13.7. The van der Waals surface area contributed by atoms with Gasteiger partial charge in [-0.1, -0.05) is 23.8 Å². The number of ether oxygens (including phenoxy) is 2. The van der Waals surface area contributed by atoms with Crippen molar-refractivity contribution in [2.45, 2.75) is 33.3 Å². The molecular weight excluding hydrogens is 216 g/mol. The number of esters is 1. The second-order valence-corrected chi connectivity index (χ2v) is 4.16. The number of hydrogen-bond acceptors (Lipinski definition) is 3. The van der Waals surface area contributed by atoms with Crippen molar-refractivity contribution in [3.05, 3.63) is 34.9 Å². The van der Waals surface area contributed by atoms with Gasteiger partial charge in [0, 0.05) is 13.0 Å². The molecule has 0 atom stereocenters. The monoisotopic (exact) mass is 236 g/mol. The molecule has 0 aliphatic heterocycles. The zero-order valence-corrected chi connectivity index (χ0v) is 10.8. The Balaban J connectivity index is 2.24. The maximum absolute atomic E-state index is 10.9. The summed E-state index contributed by atoms with van der Waals surface area (Å²) in [5.74, 6) is -0.180. The number of aryl methyl sites for hydroxylation is 2. The van der Waals surface area contributed by atoms with Gasteiger partial charge in [-0.15, -0.1) is 0 Å². The molecule has 0 aliphatic carbocycles. The Hall–Kier alpha value is -1.35. The van der Waals surface area contributed by atoms with Crippen molar-refractivity contribution in [2.75, 3.05) is 13.7 Å². The van der Waals surface area contributed by atoms with Gasteiger partial charge in [0.25, 0.3) is 0 Å². The Morgan fingerprint density at radius 3 is 2.71 bits per heavy atom. The zero-order valence-electron chi connectivity index (χ0n) is 10.8. The van der Waals surface area contributed by atoms with Crippen molar-refractivity contribution < 1.29 is 14.3 Å². The lowest BCUT2D eigenvalue weighted by Gasteiger charge is -2.07. The van der Waals surface area contributed by atoms with Gasteiger partial charge >= 0.3 is 5.97 Å². The van der Waals surface area contributed by atoms with E-state index < -0.39 is 0 Å². The summed E-state index contributed by atoms with van der Waals surface area (Å²) in [6, 6.07) is 6.32. The molecule has 1 rings (SSSR count). The third kappa shape index (κ3) is 5.00. The Kier molecular flexibility index (Phi) is 5.70. The molecule has 0 saturated carbocycles. The summed E-state index contributed by atoms with van der Waals surface area (Å²) in [6.07, 6.45) is 1.13. The maximum atomic E-state index is 10.9. The lowest BCUT2D eigenvalue weighted by molar-refractivity contribution is -0.141. The SMILES string of the molecule is COC(=O)CCCOCc1ccc(C)cc1C. The standard InChI is InChI=1S/C14H20O3/c1-11-6-7-13(12(2)9-11)10-17-8-4-5-14(15)16-3/h6-7,9H,4-5,8,10H2,1-3H3. The molecule has 0 amide bonds. The average molecular weight is 236 g/mol. The Bertz CT molecular complexity index is 372. The van der Waals surface area contributed by atoms with Crippen LogP contribution in [0.2, 0.25) is 0 Å². The predicted octanol–water partition coefficient (Wildman–Crippen LogP) is 2.77. The summed E-state index contributed by atoms with van der Waals surface area (Å²) in [7, 11) is 1.40. The third-order valence-electron chi connectivity index (χ3n) is 2.65. The lowest BCUT2D eigenvalue weighted by atomic mass is 10.1. The van der Waals surface area contributed by atoms with Crippen LogP contribution < -0.4 is 0 Å². The van der Waals surface area contributed by atoms with Gasteiger partial charge in [0.1, 0.15) is 0 Å². The first-order valence-corrected chi connectivity index (χ1v) is 5.84. The van der Waals surface area contributed by atoms with Gasteiger partial charge < -0.3 is 9.47 Å². The van der Waals surface area contributed by atoms with Crippen molar-refractivity contribution >= 4 is 5.97 Å². The molecule has 0 aliphatic rings. The summed E-state index contributed by atoms with van der Waals surface area (Å²) < 4.78 is 10.1. The van der Waals surface area contributed by atoms with Crippen LogP contribution in [0.4, 0.5) is 0 Å². The van der Waals surface area contributed by atoms with E-state index in [1.807, 2.05) is 0 Å².